The molecule has 6 nitrogen and oxygen atoms in total. The van der Waals surface area contributed by atoms with E-state index in [0.29, 0.717) is 0 Å². The van der Waals surface area contributed by atoms with Crippen LogP contribution in [0.3, 0.4) is 0 Å². The minimum atomic E-state index is -0.889. The van der Waals surface area contributed by atoms with E-state index in [4.69, 9.17) is 4.74 Å². The van der Waals surface area contributed by atoms with Gasteiger partial charge in [0.25, 0.3) is 11.8 Å². The molecule has 1 aliphatic heterocycles. The van der Waals surface area contributed by atoms with Crippen LogP contribution in [0.4, 0.5) is 10.1 Å². The molecule has 0 aliphatic carbocycles. The summed E-state index contributed by atoms with van der Waals surface area (Å²) in [5.74, 6) is -3.01. The summed E-state index contributed by atoms with van der Waals surface area (Å²) in [6, 6.07) is 8.14. The second kappa shape index (κ2) is 5.77. The van der Waals surface area contributed by atoms with Gasteiger partial charge >= 0.3 is 5.97 Å². The Labute approximate surface area is 136 Å². The number of methoxy groups -OCH3 is 2. The van der Waals surface area contributed by atoms with Gasteiger partial charge in [0.05, 0.1) is 30.9 Å². The van der Waals surface area contributed by atoms with Gasteiger partial charge < -0.3 is 9.47 Å². The van der Waals surface area contributed by atoms with Crippen LogP contribution in [-0.4, -0.2) is 32.0 Å². The molecule has 24 heavy (non-hydrogen) atoms. The van der Waals surface area contributed by atoms with Crippen molar-refractivity contribution in [2.75, 3.05) is 19.1 Å². The molecule has 0 unspecified atom stereocenters. The van der Waals surface area contributed by atoms with E-state index >= 15 is 0 Å². The Hall–Kier alpha value is -3.22. The summed E-state index contributed by atoms with van der Waals surface area (Å²) >= 11 is 0. The van der Waals surface area contributed by atoms with Crippen molar-refractivity contribution in [3.63, 3.8) is 0 Å². The lowest BCUT2D eigenvalue weighted by molar-refractivity contribution is 0.0601. The minimum Gasteiger partial charge on any atom is -0.494 e. The summed E-state index contributed by atoms with van der Waals surface area (Å²) < 4.78 is 23.5. The van der Waals surface area contributed by atoms with Gasteiger partial charge in [-0.15, -0.1) is 0 Å². The van der Waals surface area contributed by atoms with Gasteiger partial charge in [0.2, 0.25) is 0 Å². The zero-order valence-electron chi connectivity index (χ0n) is 12.8. The van der Waals surface area contributed by atoms with E-state index in [1.54, 1.807) is 12.1 Å². The first-order valence-corrected chi connectivity index (χ1v) is 6.93. The molecular weight excluding hydrogens is 317 g/mol. The van der Waals surface area contributed by atoms with Gasteiger partial charge in [-0.3, -0.25) is 9.59 Å². The number of carbonyl (C=O) groups excluding carboxylic acids is 3. The van der Waals surface area contributed by atoms with Gasteiger partial charge in [0, 0.05) is 6.07 Å². The summed E-state index contributed by atoms with van der Waals surface area (Å²) in [6.07, 6.45) is 0. The first kappa shape index (κ1) is 15.7. The number of fused-ring (bicyclic) bond motifs is 1. The van der Waals surface area contributed by atoms with Crippen molar-refractivity contribution >= 4 is 23.5 Å². The third kappa shape index (κ3) is 2.21. The van der Waals surface area contributed by atoms with Crippen LogP contribution in [0, 0.1) is 5.82 Å². The fraction of sp³-hybridized carbons (Fsp3) is 0.118. The summed E-state index contributed by atoms with van der Waals surface area (Å²) in [6.45, 7) is 0. The van der Waals surface area contributed by atoms with E-state index in [2.05, 4.69) is 4.74 Å². The lowest BCUT2D eigenvalue weighted by Gasteiger charge is -2.20. The predicted molar refractivity (Wildman–Crippen MR) is 81.9 cm³/mol. The molecule has 0 bridgehead atoms. The molecule has 0 atom stereocenters. The van der Waals surface area contributed by atoms with Gasteiger partial charge in [-0.25, -0.2) is 14.1 Å². The van der Waals surface area contributed by atoms with Crippen LogP contribution >= 0.6 is 0 Å². The molecule has 7 heteroatoms. The number of anilines is 1. The number of esters is 1. The molecule has 0 saturated carbocycles. The molecule has 0 saturated heterocycles. The molecular formula is C17H12FNO5. The standard InChI is InChI=1S/C17H12FNO5/c1-23-13-8-9(18)7-12(17(22)24-2)14(13)19-15(20)10-5-3-4-6-11(10)16(19)21/h3-8H,1-2H3. The Morgan fingerprint density at radius 3 is 2.12 bits per heavy atom. The van der Waals surface area contributed by atoms with Crippen molar-refractivity contribution in [2.45, 2.75) is 0 Å². The van der Waals surface area contributed by atoms with Crippen molar-refractivity contribution in [2.24, 2.45) is 0 Å². The van der Waals surface area contributed by atoms with E-state index in [1.807, 2.05) is 0 Å². The quantitative estimate of drug-likeness (QED) is 0.639. The summed E-state index contributed by atoms with van der Waals surface area (Å²) in [7, 11) is 2.36. The van der Waals surface area contributed by atoms with Crippen molar-refractivity contribution in [1.29, 1.82) is 0 Å². The summed E-state index contributed by atoms with van der Waals surface area (Å²) in [5, 5.41) is 0. The number of benzene rings is 2. The zero-order chi connectivity index (χ0) is 17.4. The van der Waals surface area contributed by atoms with Crippen LogP contribution in [0.2, 0.25) is 0 Å². The van der Waals surface area contributed by atoms with Crippen LogP contribution in [-0.2, 0) is 4.74 Å². The Bertz CT molecular complexity index is 842. The molecule has 1 aliphatic rings. The lowest BCUT2D eigenvalue weighted by Crippen LogP contribution is -2.31. The minimum absolute atomic E-state index is 0.120. The Morgan fingerprint density at radius 2 is 1.62 bits per heavy atom. The lowest BCUT2D eigenvalue weighted by atomic mass is 10.1. The average molecular weight is 329 g/mol. The van der Waals surface area contributed by atoms with Crippen LogP contribution in [0.5, 0.6) is 5.75 Å². The number of hydrogen-bond acceptors (Lipinski definition) is 5. The molecule has 0 N–H and O–H groups in total. The summed E-state index contributed by atoms with van der Waals surface area (Å²) in [4.78, 5) is 38.1. The smallest absolute Gasteiger partial charge is 0.340 e. The largest absolute Gasteiger partial charge is 0.494 e. The van der Waals surface area contributed by atoms with Crippen molar-refractivity contribution in [3.8, 4) is 5.75 Å². The maximum Gasteiger partial charge on any atom is 0.340 e. The highest BCUT2D eigenvalue weighted by molar-refractivity contribution is 6.35. The Morgan fingerprint density at radius 1 is 1.04 bits per heavy atom. The Balaban J connectivity index is 2.25. The molecule has 2 aromatic carbocycles. The molecule has 0 aromatic heterocycles. The molecule has 1 heterocycles. The monoisotopic (exact) mass is 329 g/mol. The number of imide groups is 1. The molecule has 0 spiro atoms. The highest BCUT2D eigenvalue weighted by Gasteiger charge is 2.40. The number of halogens is 1. The maximum absolute atomic E-state index is 13.8. The number of nitrogens with zero attached hydrogens (tertiary/aromatic N) is 1. The van der Waals surface area contributed by atoms with Gasteiger partial charge in [0.15, 0.2) is 0 Å². The van der Waals surface area contributed by atoms with Crippen LogP contribution in [0.25, 0.3) is 0 Å². The highest BCUT2D eigenvalue weighted by atomic mass is 19.1. The van der Waals surface area contributed by atoms with E-state index in [-0.39, 0.29) is 28.1 Å². The maximum atomic E-state index is 13.8. The van der Waals surface area contributed by atoms with Gasteiger partial charge in [-0.2, -0.15) is 0 Å². The first-order chi connectivity index (χ1) is 11.5. The third-order valence-electron chi connectivity index (χ3n) is 3.68. The number of rotatable bonds is 3. The molecule has 0 radical (unpaired) electrons. The molecule has 2 amide bonds. The SMILES string of the molecule is COC(=O)c1cc(F)cc(OC)c1N1C(=O)c2ccccc2C1=O. The first-order valence-electron chi connectivity index (χ1n) is 6.93. The van der Waals surface area contributed by atoms with Crippen LogP contribution < -0.4 is 9.64 Å². The van der Waals surface area contributed by atoms with Crippen molar-refractivity contribution in [1.82, 2.24) is 0 Å². The molecule has 122 valence electrons. The topological polar surface area (TPSA) is 72.9 Å². The second-order valence-electron chi connectivity index (χ2n) is 4.99. The van der Waals surface area contributed by atoms with Gasteiger partial charge in [-0.1, -0.05) is 12.1 Å². The summed E-state index contributed by atoms with van der Waals surface area (Å²) in [5.41, 5.74) is -0.0183. The fourth-order valence-electron chi connectivity index (χ4n) is 2.62. The third-order valence-corrected chi connectivity index (χ3v) is 3.68. The second-order valence-corrected chi connectivity index (χ2v) is 4.99. The Kier molecular flexibility index (Phi) is 3.76. The van der Waals surface area contributed by atoms with E-state index in [9.17, 15) is 18.8 Å². The van der Waals surface area contributed by atoms with Crippen molar-refractivity contribution in [3.05, 3.63) is 58.9 Å². The normalized spacial score (nSPS) is 13.0. The number of amides is 2. The fourth-order valence-corrected chi connectivity index (χ4v) is 2.62. The van der Waals surface area contributed by atoms with E-state index in [1.165, 1.54) is 19.2 Å². The van der Waals surface area contributed by atoms with Crippen molar-refractivity contribution < 1.29 is 28.2 Å². The van der Waals surface area contributed by atoms with Crippen LogP contribution in [0.15, 0.2) is 36.4 Å². The van der Waals surface area contributed by atoms with Gasteiger partial charge in [-0.05, 0) is 18.2 Å². The molecule has 3 rings (SSSR count). The van der Waals surface area contributed by atoms with Gasteiger partial charge in [0.1, 0.15) is 17.3 Å². The predicted octanol–water partition coefficient (Wildman–Crippen LogP) is 2.42. The van der Waals surface area contributed by atoms with E-state index in [0.717, 1.165) is 24.1 Å². The zero-order valence-corrected chi connectivity index (χ0v) is 12.8. The van der Waals surface area contributed by atoms with E-state index < -0.39 is 23.6 Å². The van der Waals surface area contributed by atoms with Crippen LogP contribution in [0.1, 0.15) is 31.1 Å². The molecule has 2 aromatic rings. The highest BCUT2D eigenvalue weighted by Crippen LogP contribution is 2.38. The average Bonchev–Trinajstić information content (AvgIpc) is 2.85. The molecule has 0 fully saturated rings. The number of hydrogen-bond donors (Lipinski definition) is 0. The number of carbonyl (C=O) groups is 3. The number of ether oxygens (including phenoxy) is 2.